The molecule has 129 valence electrons. The number of carbonyl (C=O) groups is 2. The van der Waals surface area contributed by atoms with Crippen molar-refractivity contribution in [2.24, 2.45) is 0 Å². The fourth-order valence-electron chi connectivity index (χ4n) is 2.14. The molecule has 1 aliphatic carbocycles. The number of aliphatic carboxylic acids is 1. The van der Waals surface area contributed by atoms with E-state index in [9.17, 15) is 14.7 Å². The third-order valence-corrected chi connectivity index (χ3v) is 3.41. The number of carboxylic acids is 1. The molecule has 0 amide bonds. The molecule has 0 unspecified atom stereocenters. The number of unbranched alkanes of at least 4 members (excludes halogenated alkanes) is 5. The van der Waals surface area contributed by atoms with Crippen molar-refractivity contribution in [1.82, 2.24) is 0 Å². The Bertz CT molecular complexity index is 301. The van der Waals surface area contributed by atoms with Gasteiger partial charge in [0.25, 0.3) is 0 Å². The first-order valence-electron chi connectivity index (χ1n) is 8.54. The summed E-state index contributed by atoms with van der Waals surface area (Å²) in [5.41, 5.74) is 0. The van der Waals surface area contributed by atoms with Crippen LogP contribution < -0.4 is 5.11 Å². The predicted molar refractivity (Wildman–Crippen MR) is 85.9 cm³/mol. The Labute approximate surface area is 153 Å². The molecule has 1 fully saturated rings. The molecule has 0 aliphatic heterocycles. The molecule has 0 aromatic heterocycles. The fraction of sp³-hybridized carbons (Fsp3) is 0.722. The van der Waals surface area contributed by atoms with E-state index in [-0.39, 0.29) is 19.5 Å². The molecule has 0 aromatic rings. The number of hydrogen-bond donors (Lipinski definition) is 0. The van der Waals surface area contributed by atoms with Crippen molar-refractivity contribution in [3.05, 3.63) is 18.6 Å². The van der Waals surface area contributed by atoms with Crippen LogP contribution in [-0.2, 0) is 33.8 Å². The van der Waals surface area contributed by atoms with Crippen LogP contribution in [0.15, 0.2) is 12.2 Å². The minimum Gasteiger partial charge on any atom is -0.545 e. The minimum atomic E-state index is -1.39. The molecule has 0 saturated heterocycles. The maximum Gasteiger partial charge on any atom is 0.330 e. The molecule has 0 aromatic carbocycles. The summed E-state index contributed by atoms with van der Waals surface area (Å²) in [6.45, 7) is 2.51. The maximum absolute atomic E-state index is 10.9. The third kappa shape index (κ3) is 21.3. The van der Waals surface area contributed by atoms with Crippen LogP contribution in [0.1, 0.15) is 77.6 Å². The Balaban J connectivity index is 0. The summed E-state index contributed by atoms with van der Waals surface area (Å²) in [7, 11) is 0. The Hall–Kier alpha value is -0.697. The monoisotopic (exact) mass is 374 g/mol. The van der Waals surface area contributed by atoms with E-state index in [2.05, 4.69) is 13.3 Å². The largest absolute Gasteiger partial charge is 0.545 e. The maximum atomic E-state index is 10.9. The molecule has 0 atom stereocenters. The van der Waals surface area contributed by atoms with Crippen molar-refractivity contribution in [2.45, 2.75) is 77.6 Å². The van der Waals surface area contributed by atoms with E-state index in [1.54, 1.807) is 0 Å². The second kappa shape index (κ2) is 19.4. The molecule has 0 N–H and O–H groups in total. The summed E-state index contributed by atoms with van der Waals surface area (Å²) < 4.78 is 4.78. The summed E-state index contributed by atoms with van der Waals surface area (Å²) >= 11 is 0. The van der Waals surface area contributed by atoms with Gasteiger partial charge in [0, 0.05) is 25.6 Å². The van der Waals surface area contributed by atoms with E-state index in [0.29, 0.717) is 12.7 Å². The van der Waals surface area contributed by atoms with E-state index < -0.39 is 11.9 Å². The van der Waals surface area contributed by atoms with Gasteiger partial charge in [-0.15, -0.1) is 0 Å². The number of ether oxygens (including phenoxy) is 1. The van der Waals surface area contributed by atoms with Crippen molar-refractivity contribution < 1.29 is 38.9 Å². The van der Waals surface area contributed by atoms with Gasteiger partial charge in [-0.05, 0) is 18.9 Å². The molecular weight excluding hydrogens is 346 g/mol. The first kappa shape index (κ1) is 24.6. The third-order valence-electron chi connectivity index (χ3n) is 3.41. The van der Waals surface area contributed by atoms with Crippen molar-refractivity contribution >= 4 is 11.9 Å². The standard InChI is InChI=1S/C12H20O4.C6H11.Zn/c1-2-3-4-5-6-7-10-16-12(15)9-8-11(13)14;1-2-4-6-5-3-1;/h8-9H,2-7,10H2,1H3,(H,13,14);1H,2-6H2;/p-1/b9-8+;;. The van der Waals surface area contributed by atoms with Gasteiger partial charge < -0.3 is 14.6 Å². The van der Waals surface area contributed by atoms with E-state index in [4.69, 9.17) is 4.74 Å². The first-order valence-corrected chi connectivity index (χ1v) is 8.54. The second-order valence-electron chi connectivity index (χ2n) is 5.51. The molecule has 4 nitrogen and oxygen atoms in total. The molecule has 0 spiro atoms. The van der Waals surface area contributed by atoms with Crippen LogP contribution >= 0.6 is 0 Å². The Morgan fingerprint density at radius 1 is 1.00 bits per heavy atom. The van der Waals surface area contributed by atoms with E-state index in [1.807, 2.05) is 0 Å². The zero-order valence-corrected chi connectivity index (χ0v) is 17.5. The summed E-state index contributed by atoms with van der Waals surface area (Å²) in [4.78, 5) is 20.9. The first-order chi connectivity index (χ1) is 10.7. The molecule has 1 saturated carbocycles. The van der Waals surface area contributed by atoms with Crippen molar-refractivity contribution in [1.29, 1.82) is 0 Å². The van der Waals surface area contributed by atoms with E-state index >= 15 is 0 Å². The zero-order valence-electron chi connectivity index (χ0n) is 14.6. The van der Waals surface area contributed by atoms with Crippen molar-refractivity contribution in [3.63, 3.8) is 0 Å². The van der Waals surface area contributed by atoms with Crippen LogP contribution in [0.4, 0.5) is 0 Å². The Morgan fingerprint density at radius 2 is 1.61 bits per heavy atom. The second-order valence-corrected chi connectivity index (χ2v) is 5.51. The van der Waals surface area contributed by atoms with Gasteiger partial charge in [0.05, 0.1) is 12.6 Å². The van der Waals surface area contributed by atoms with Gasteiger partial charge in [-0.1, -0.05) is 71.1 Å². The number of rotatable bonds is 9. The zero-order chi connectivity index (χ0) is 16.5. The SMILES string of the molecule is CCCCCCCCOC(=O)/C=C/C(=O)[O-].[CH]1CCCCC1.[Zn]. The normalized spacial score (nSPS) is 13.6. The number of carbonyl (C=O) groups excluding carboxylic acids is 2. The molecule has 23 heavy (non-hydrogen) atoms. The molecule has 1 rings (SSSR count). The average Bonchev–Trinajstić information content (AvgIpc) is 2.54. The van der Waals surface area contributed by atoms with Crippen LogP contribution in [0.25, 0.3) is 0 Å². The van der Waals surface area contributed by atoms with Gasteiger partial charge in [0.15, 0.2) is 0 Å². The van der Waals surface area contributed by atoms with Crippen molar-refractivity contribution in [3.8, 4) is 0 Å². The van der Waals surface area contributed by atoms with E-state index in [1.165, 1.54) is 51.4 Å². The average molecular weight is 376 g/mol. The molecule has 1 radical (unpaired) electrons. The molecule has 1 aliphatic rings. The number of esters is 1. The molecule has 5 heteroatoms. The van der Waals surface area contributed by atoms with Gasteiger partial charge in [-0.3, -0.25) is 0 Å². The Morgan fingerprint density at radius 3 is 2.09 bits per heavy atom. The Kier molecular flexibility index (Phi) is 20.7. The predicted octanol–water partition coefficient (Wildman–Crippen LogP) is 3.35. The molecule has 0 bridgehead atoms. The minimum absolute atomic E-state index is 0. The van der Waals surface area contributed by atoms with Crippen LogP contribution in [0.5, 0.6) is 0 Å². The van der Waals surface area contributed by atoms with Crippen LogP contribution in [0.3, 0.4) is 0 Å². The van der Waals surface area contributed by atoms with Gasteiger partial charge >= 0.3 is 5.97 Å². The smallest absolute Gasteiger partial charge is 0.330 e. The van der Waals surface area contributed by atoms with Gasteiger partial charge in [0.2, 0.25) is 0 Å². The van der Waals surface area contributed by atoms with Crippen LogP contribution in [0, 0.1) is 6.42 Å². The van der Waals surface area contributed by atoms with Crippen LogP contribution in [-0.4, -0.2) is 18.5 Å². The summed E-state index contributed by atoms with van der Waals surface area (Å²) in [6.07, 6.45) is 17.7. The summed E-state index contributed by atoms with van der Waals surface area (Å²) in [6, 6.07) is 0. The van der Waals surface area contributed by atoms with Gasteiger partial charge in [-0.2, -0.15) is 0 Å². The quantitative estimate of drug-likeness (QED) is 0.268. The molecule has 0 heterocycles. The summed E-state index contributed by atoms with van der Waals surface area (Å²) in [5.74, 6) is -2.02. The van der Waals surface area contributed by atoms with Crippen molar-refractivity contribution in [2.75, 3.05) is 6.61 Å². The van der Waals surface area contributed by atoms with E-state index in [0.717, 1.165) is 25.3 Å². The van der Waals surface area contributed by atoms with Gasteiger partial charge in [-0.25, -0.2) is 4.79 Å². The van der Waals surface area contributed by atoms with Gasteiger partial charge in [0.1, 0.15) is 0 Å². The topological polar surface area (TPSA) is 66.4 Å². The number of hydrogen-bond acceptors (Lipinski definition) is 4. The number of carboxylic acid groups (broad SMARTS) is 1. The fourth-order valence-corrected chi connectivity index (χ4v) is 2.14. The summed E-state index contributed by atoms with van der Waals surface area (Å²) in [5, 5.41) is 9.97. The van der Waals surface area contributed by atoms with Crippen LogP contribution in [0.2, 0.25) is 0 Å². The molecular formula is C18H30O4Zn-.